The summed E-state index contributed by atoms with van der Waals surface area (Å²) in [6.07, 6.45) is 3.66. The van der Waals surface area contributed by atoms with Gasteiger partial charge < -0.3 is 15.2 Å². The van der Waals surface area contributed by atoms with Crippen LogP contribution in [0.3, 0.4) is 0 Å². The number of piperidine rings is 1. The number of imidazole rings is 1. The quantitative estimate of drug-likeness (QED) is 0.892. The first-order valence-corrected chi connectivity index (χ1v) is 8.27. The first kappa shape index (κ1) is 14.0. The van der Waals surface area contributed by atoms with Crippen molar-refractivity contribution in [3.05, 3.63) is 34.2 Å². The highest BCUT2D eigenvalue weighted by Gasteiger charge is 2.42. The lowest BCUT2D eigenvalue weighted by molar-refractivity contribution is -0.0216. The molecule has 4 rings (SSSR count). The minimum atomic E-state index is -0.0277. The average molecular weight is 300 g/mol. The highest BCUT2D eigenvalue weighted by Crippen LogP contribution is 2.38. The molecule has 2 N–H and O–H groups in total. The van der Waals surface area contributed by atoms with Crippen molar-refractivity contribution >= 4 is 11.0 Å². The normalized spacial score (nSPS) is 21.3. The van der Waals surface area contributed by atoms with Crippen molar-refractivity contribution < 1.29 is 0 Å². The Hall–Kier alpha value is -1.59. The number of fused-ring (bicyclic) bond motifs is 1. The molecule has 22 heavy (non-hydrogen) atoms. The molecule has 1 aromatic carbocycles. The number of likely N-dealkylation sites (tertiary alicyclic amines) is 1. The van der Waals surface area contributed by atoms with Crippen molar-refractivity contribution in [1.29, 1.82) is 0 Å². The van der Waals surface area contributed by atoms with Crippen LogP contribution in [-0.2, 0) is 13.5 Å². The Bertz CT molecular complexity index is 731. The van der Waals surface area contributed by atoms with Gasteiger partial charge in [0.2, 0.25) is 0 Å². The molecule has 0 radical (unpaired) electrons. The SMILES string of the molecule is Cn1c(=O)[nH]c2cccc(CCN3CC4(CCNCC4)C3)c21. The molecule has 0 bridgehead atoms. The van der Waals surface area contributed by atoms with Crippen LogP contribution in [0.2, 0.25) is 0 Å². The van der Waals surface area contributed by atoms with Gasteiger partial charge in [-0.25, -0.2) is 4.79 Å². The number of hydrogen-bond donors (Lipinski definition) is 2. The minimum absolute atomic E-state index is 0.0277. The van der Waals surface area contributed by atoms with Crippen LogP contribution < -0.4 is 11.0 Å². The molecule has 3 heterocycles. The number of H-pyrrole nitrogens is 1. The molecule has 5 nitrogen and oxygen atoms in total. The summed E-state index contributed by atoms with van der Waals surface area (Å²) in [5, 5.41) is 3.46. The zero-order chi connectivity index (χ0) is 15.2. The van der Waals surface area contributed by atoms with E-state index in [0.717, 1.165) is 24.0 Å². The summed E-state index contributed by atoms with van der Waals surface area (Å²) in [7, 11) is 1.85. The van der Waals surface area contributed by atoms with Crippen molar-refractivity contribution in [2.45, 2.75) is 19.3 Å². The van der Waals surface area contributed by atoms with Gasteiger partial charge in [0.25, 0.3) is 0 Å². The minimum Gasteiger partial charge on any atom is -0.317 e. The first-order chi connectivity index (χ1) is 10.7. The fourth-order valence-corrected chi connectivity index (χ4v) is 4.20. The maximum absolute atomic E-state index is 11.8. The summed E-state index contributed by atoms with van der Waals surface area (Å²) in [4.78, 5) is 17.3. The first-order valence-electron chi connectivity index (χ1n) is 8.27. The smallest absolute Gasteiger partial charge is 0.317 e. The number of aromatic nitrogens is 2. The molecule has 2 aliphatic rings. The molecule has 5 heteroatoms. The summed E-state index contributed by atoms with van der Waals surface area (Å²) in [6.45, 7) is 5.94. The molecule has 2 aliphatic heterocycles. The van der Waals surface area contributed by atoms with Gasteiger partial charge in [-0.3, -0.25) is 4.57 Å². The van der Waals surface area contributed by atoms with Crippen molar-refractivity contribution in [3.8, 4) is 0 Å². The number of nitrogens with zero attached hydrogens (tertiary/aromatic N) is 2. The molecule has 0 aliphatic carbocycles. The Morgan fingerprint density at radius 1 is 1.23 bits per heavy atom. The third kappa shape index (κ3) is 2.29. The van der Waals surface area contributed by atoms with Gasteiger partial charge in [-0.2, -0.15) is 0 Å². The predicted molar refractivity (Wildman–Crippen MR) is 88.2 cm³/mol. The molecule has 2 fully saturated rings. The lowest BCUT2D eigenvalue weighted by atomic mass is 9.72. The summed E-state index contributed by atoms with van der Waals surface area (Å²) < 4.78 is 1.73. The summed E-state index contributed by atoms with van der Waals surface area (Å²) in [5.74, 6) is 0. The second kappa shape index (κ2) is 5.25. The summed E-state index contributed by atoms with van der Waals surface area (Å²) in [5.41, 5.74) is 3.84. The standard InChI is InChI=1S/C17H24N4O/c1-20-15-13(3-2-4-14(15)19-16(20)22)5-10-21-11-17(12-21)6-8-18-9-7-17/h2-4,18H,5-12H2,1H3,(H,19,22). The van der Waals surface area contributed by atoms with Crippen molar-refractivity contribution in [1.82, 2.24) is 19.8 Å². The zero-order valence-electron chi connectivity index (χ0n) is 13.2. The van der Waals surface area contributed by atoms with Crippen LogP contribution in [0, 0.1) is 5.41 Å². The largest absolute Gasteiger partial charge is 0.326 e. The van der Waals surface area contributed by atoms with Gasteiger partial charge in [-0.15, -0.1) is 0 Å². The van der Waals surface area contributed by atoms with Crippen molar-refractivity contribution in [2.24, 2.45) is 12.5 Å². The molecule has 2 aromatic rings. The van der Waals surface area contributed by atoms with Crippen LogP contribution in [0.4, 0.5) is 0 Å². The van der Waals surface area contributed by atoms with Gasteiger partial charge in [0.15, 0.2) is 0 Å². The molecule has 2 saturated heterocycles. The van der Waals surface area contributed by atoms with E-state index in [4.69, 9.17) is 0 Å². The van der Waals surface area contributed by atoms with E-state index < -0.39 is 0 Å². The monoisotopic (exact) mass is 300 g/mol. The van der Waals surface area contributed by atoms with Gasteiger partial charge in [0, 0.05) is 26.7 Å². The fourth-order valence-electron chi connectivity index (χ4n) is 4.20. The molecule has 0 saturated carbocycles. The third-order valence-corrected chi connectivity index (χ3v) is 5.48. The van der Waals surface area contributed by atoms with Crippen LogP contribution in [0.15, 0.2) is 23.0 Å². The Labute approximate surface area is 130 Å². The lowest BCUT2D eigenvalue weighted by Gasteiger charge is -2.52. The van der Waals surface area contributed by atoms with E-state index >= 15 is 0 Å². The van der Waals surface area contributed by atoms with E-state index in [1.165, 1.54) is 44.6 Å². The topological polar surface area (TPSA) is 53.1 Å². The highest BCUT2D eigenvalue weighted by atomic mass is 16.1. The second-order valence-electron chi connectivity index (χ2n) is 7.01. The zero-order valence-corrected chi connectivity index (χ0v) is 13.2. The average Bonchev–Trinajstić information content (AvgIpc) is 2.79. The number of benzene rings is 1. The lowest BCUT2D eigenvalue weighted by Crippen LogP contribution is -2.60. The number of nitrogens with one attached hydrogen (secondary N) is 2. The van der Waals surface area contributed by atoms with Crippen LogP contribution >= 0.6 is 0 Å². The number of aryl methyl sites for hydroxylation is 1. The Kier molecular flexibility index (Phi) is 3.35. The van der Waals surface area contributed by atoms with E-state index in [2.05, 4.69) is 21.3 Å². The highest BCUT2D eigenvalue weighted by molar-refractivity contribution is 5.78. The van der Waals surface area contributed by atoms with Gasteiger partial charge in [-0.05, 0) is 49.4 Å². The predicted octanol–water partition coefficient (Wildman–Crippen LogP) is 1.09. The van der Waals surface area contributed by atoms with Crippen LogP contribution in [0.1, 0.15) is 18.4 Å². The number of hydrogen-bond acceptors (Lipinski definition) is 3. The molecule has 118 valence electrons. The number of rotatable bonds is 3. The number of aromatic amines is 1. The van der Waals surface area contributed by atoms with Crippen LogP contribution in [-0.4, -0.2) is 47.2 Å². The molecule has 0 amide bonds. The Balaban J connectivity index is 1.44. The third-order valence-electron chi connectivity index (χ3n) is 5.48. The van der Waals surface area contributed by atoms with E-state index in [1.807, 2.05) is 19.2 Å². The van der Waals surface area contributed by atoms with Gasteiger partial charge >= 0.3 is 5.69 Å². The van der Waals surface area contributed by atoms with Crippen molar-refractivity contribution in [2.75, 3.05) is 32.7 Å². The van der Waals surface area contributed by atoms with Gasteiger partial charge in [-0.1, -0.05) is 12.1 Å². The Morgan fingerprint density at radius 2 is 2.00 bits per heavy atom. The molecule has 0 atom stereocenters. The second-order valence-corrected chi connectivity index (χ2v) is 7.01. The summed E-state index contributed by atoms with van der Waals surface area (Å²) >= 11 is 0. The molecule has 1 spiro atoms. The molecule has 1 aromatic heterocycles. The van der Waals surface area contributed by atoms with E-state index in [1.54, 1.807) is 4.57 Å². The Morgan fingerprint density at radius 3 is 2.77 bits per heavy atom. The maximum Gasteiger partial charge on any atom is 0.326 e. The van der Waals surface area contributed by atoms with Gasteiger partial charge in [0.1, 0.15) is 0 Å². The molecular formula is C17H24N4O. The van der Waals surface area contributed by atoms with E-state index in [9.17, 15) is 4.79 Å². The van der Waals surface area contributed by atoms with Crippen molar-refractivity contribution in [3.63, 3.8) is 0 Å². The number of para-hydroxylation sites is 1. The summed E-state index contributed by atoms with van der Waals surface area (Å²) in [6, 6.07) is 6.17. The molecular weight excluding hydrogens is 276 g/mol. The maximum atomic E-state index is 11.8. The van der Waals surface area contributed by atoms with Crippen LogP contribution in [0.25, 0.3) is 11.0 Å². The van der Waals surface area contributed by atoms with E-state index in [-0.39, 0.29) is 5.69 Å². The van der Waals surface area contributed by atoms with Crippen LogP contribution in [0.5, 0.6) is 0 Å². The fraction of sp³-hybridized carbons (Fsp3) is 0.588. The molecule has 0 unspecified atom stereocenters. The van der Waals surface area contributed by atoms with Gasteiger partial charge in [0.05, 0.1) is 11.0 Å². The van der Waals surface area contributed by atoms with E-state index in [0.29, 0.717) is 5.41 Å².